The zero-order valence-corrected chi connectivity index (χ0v) is 34.1. The quantitative estimate of drug-likeness (QED) is 0.0389. The Bertz CT molecular complexity index is 798. The molecule has 0 aliphatic carbocycles. The molecule has 0 amide bonds. The van der Waals surface area contributed by atoms with Crippen molar-refractivity contribution in [1.29, 1.82) is 0 Å². The van der Waals surface area contributed by atoms with Crippen molar-refractivity contribution in [2.75, 3.05) is 19.8 Å². The number of allylic oxidation sites excluding steroid dienone is 8. The van der Waals surface area contributed by atoms with Gasteiger partial charge in [0.05, 0.1) is 13.2 Å². The molecule has 4 nitrogen and oxygen atoms in total. The molecule has 0 heterocycles. The van der Waals surface area contributed by atoms with E-state index in [2.05, 4.69) is 62.5 Å². The molecule has 0 aromatic heterocycles. The summed E-state index contributed by atoms with van der Waals surface area (Å²) < 4.78 is 11.1. The van der Waals surface area contributed by atoms with Gasteiger partial charge in [-0.1, -0.05) is 191 Å². The summed E-state index contributed by atoms with van der Waals surface area (Å²) >= 11 is 0. The van der Waals surface area contributed by atoms with Crippen LogP contribution in [0.3, 0.4) is 0 Å². The van der Waals surface area contributed by atoms with Gasteiger partial charge in [-0.25, -0.2) is 0 Å². The smallest absolute Gasteiger partial charge is 0.306 e. The molecule has 0 saturated heterocycles. The lowest BCUT2D eigenvalue weighted by Gasteiger charge is -2.15. The van der Waals surface area contributed by atoms with Crippen molar-refractivity contribution in [3.63, 3.8) is 0 Å². The summed E-state index contributed by atoms with van der Waals surface area (Å²) in [6.07, 6.45) is 57.5. The highest BCUT2D eigenvalue weighted by molar-refractivity contribution is 5.69. The summed E-state index contributed by atoms with van der Waals surface area (Å²) in [5.74, 6) is -0.205. The fourth-order valence-electron chi connectivity index (χ4n) is 6.28. The first-order valence-electron chi connectivity index (χ1n) is 22.2. The van der Waals surface area contributed by atoms with E-state index in [9.17, 15) is 9.90 Å². The molecular formula is C47H86O4. The van der Waals surface area contributed by atoms with E-state index in [1.165, 1.54) is 161 Å². The van der Waals surface area contributed by atoms with Crippen LogP contribution in [0.5, 0.6) is 0 Å². The molecule has 0 fully saturated rings. The minimum absolute atomic E-state index is 0.176. The normalized spacial score (nSPS) is 12.8. The van der Waals surface area contributed by atoms with Crippen LogP contribution in [0.2, 0.25) is 0 Å². The molecule has 0 aliphatic heterocycles. The molecule has 1 N–H and O–H groups in total. The molecule has 298 valence electrons. The second kappa shape index (κ2) is 44.5. The van der Waals surface area contributed by atoms with E-state index in [1.54, 1.807) is 0 Å². The molecule has 1 atom stereocenters. The zero-order valence-electron chi connectivity index (χ0n) is 34.1. The summed E-state index contributed by atoms with van der Waals surface area (Å²) in [4.78, 5) is 12.2. The van der Waals surface area contributed by atoms with E-state index in [-0.39, 0.29) is 19.2 Å². The first-order valence-corrected chi connectivity index (χ1v) is 22.2. The predicted molar refractivity (Wildman–Crippen MR) is 223 cm³/mol. The molecule has 0 radical (unpaired) electrons. The van der Waals surface area contributed by atoms with Crippen molar-refractivity contribution in [3.05, 3.63) is 48.6 Å². The molecular weight excluding hydrogens is 629 g/mol. The van der Waals surface area contributed by atoms with Crippen LogP contribution < -0.4 is 0 Å². The van der Waals surface area contributed by atoms with Gasteiger partial charge in [0, 0.05) is 13.0 Å². The van der Waals surface area contributed by atoms with Crippen LogP contribution in [0.15, 0.2) is 48.6 Å². The van der Waals surface area contributed by atoms with Gasteiger partial charge in [0.25, 0.3) is 0 Å². The van der Waals surface area contributed by atoms with Crippen LogP contribution in [-0.2, 0) is 14.3 Å². The molecule has 4 heteroatoms. The summed E-state index contributed by atoms with van der Waals surface area (Å²) in [5, 5.41) is 9.60. The number of aliphatic hydroxyl groups is 1. The maximum absolute atomic E-state index is 12.2. The number of carbonyl (C=O) groups excluding carboxylic acids is 1. The number of esters is 1. The number of hydrogen-bond acceptors (Lipinski definition) is 4. The maximum atomic E-state index is 12.2. The van der Waals surface area contributed by atoms with Crippen LogP contribution in [0.25, 0.3) is 0 Å². The van der Waals surface area contributed by atoms with Crippen LogP contribution in [0, 0.1) is 0 Å². The summed E-state index contributed by atoms with van der Waals surface area (Å²) in [7, 11) is 0. The Labute approximate surface area is 318 Å². The number of aliphatic hydroxyl groups excluding tert-OH is 1. The van der Waals surface area contributed by atoms with Gasteiger partial charge in [-0.05, 0) is 70.6 Å². The Balaban J connectivity index is 3.41. The Kier molecular flexibility index (Phi) is 43.1. The number of rotatable bonds is 41. The van der Waals surface area contributed by atoms with E-state index < -0.39 is 6.10 Å². The second-order valence-electron chi connectivity index (χ2n) is 14.8. The molecule has 0 rings (SSSR count). The highest BCUT2D eigenvalue weighted by Crippen LogP contribution is 2.14. The molecule has 51 heavy (non-hydrogen) atoms. The monoisotopic (exact) mass is 715 g/mol. The molecule has 0 aliphatic rings. The molecule has 0 aromatic carbocycles. The van der Waals surface area contributed by atoms with Gasteiger partial charge < -0.3 is 14.6 Å². The highest BCUT2D eigenvalue weighted by atomic mass is 16.6. The highest BCUT2D eigenvalue weighted by Gasteiger charge is 2.13. The predicted octanol–water partition coefficient (Wildman–Crippen LogP) is 14.7. The number of hydrogen-bond donors (Lipinski definition) is 1. The largest absolute Gasteiger partial charge is 0.457 e. The average molecular weight is 715 g/mol. The maximum Gasteiger partial charge on any atom is 0.306 e. The number of carbonyl (C=O) groups is 1. The van der Waals surface area contributed by atoms with Gasteiger partial charge in [-0.3, -0.25) is 4.79 Å². The standard InChI is InChI=1S/C47H86O4/c1-3-5-7-9-11-13-15-17-19-20-21-22-23-24-25-26-27-28-29-30-32-34-36-38-40-42-47(49)51-46(44-48)45-50-43-41-39-37-35-33-31-18-16-14-12-10-8-6-4-2/h8,10,14-17,20-21,46,48H,3-7,9,11-13,18-19,22-45H2,1-2H3/b10-8-,16-14-,17-15-,21-20-. The molecule has 0 bridgehead atoms. The van der Waals surface area contributed by atoms with Gasteiger partial charge in [0.1, 0.15) is 6.10 Å². The topological polar surface area (TPSA) is 55.8 Å². The molecule has 1 unspecified atom stereocenters. The Morgan fingerprint density at radius 2 is 0.863 bits per heavy atom. The van der Waals surface area contributed by atoms with Crippen molar-refractivity contribution < 1.29 is 19.4 Å². The van der Waals surface area contributed by atoms with Crippen molar-refractivity contribution in [1.82, 2.24) is 0 Å². The minimum Gasteiger partial charge on any atom is -0.457 e. The first kappa shape index (κ1) is 49.4. The molecule has 0 spiro atoms. The summed E-state index contributed by atoms with van der Waals surface area (Å²) in [6.45, 7) is 5.26. The Morgan fingerprint density at radius 3 is 1.29 bits per heavy atom. The third-order valence-electron chi connectivity index (χ3n) is 9.61. The fourth-order valence-corrected chi connectivity index (χ4v) is 6.28. The third-order valence-corrected chi connectivity index (χ3v) is 9.61. The third kappa shape index (κ3) is 42.7. The van der Waals surface area contributed by atoms with Crippen LogP contribution in [0.4, 0.5) is 0 Å². The van der Waals surface area contributed by atoms with E-state index in [0.29, 0.717) is 13.0 Å². The Morgan fingerprint density at radius 1 is 0.471 bits per heavy atom. The average Bonchev–Trinajstić information content (AvgIpc) is 3.14. The first-order chi connectivity index (χ1) is 25.2. The second-order valence-corrected chi connectivity index (χ2v) is 14.8. The van der Waals surface area contributed by atoms with Crippen molar-refractivity contribution >= 4 is 5.97 Å². The fraction of sp³-hybridized carbons (Fsp3) is 0.809. The van der Waals surface area contributed by atoms with Crippen LogP contribution in [0.1, 0.15) is 219 Å². The lowest BCUT2D eigenvalue weighted by molar-refractivity contribution is -0.154. The lowest BCUT2D eigenvalue weighted by atomic mass is 10.0. The van der Waals surface area contributed by atoms with Crippen LogP contribution >= 0.6 is 0 Å². The van der Waals surface area contributed by atoms with E-state index in [0.717, 1.165) is 38.5 Å². The van der Waals surface area contributed by atoms with Gasteiger partial charge >= 0.3 is 5.97 Å². The SMILES string of the molecule is CCC/C=C\C/C=C\CCCCCCCCOCC(CO)OC(=O)CCCCCCCCCCCCCCC/C=C\C/C=C\CCCCCCC. The van der Waals surface area contributed by atoms with Gasteiger partial charge in [-0.15, -0.1) is 0 Å². The van der Waals surface area contributed by atoms with Gasteiger partial charge in [0.15, 0.2) is 0 Å². The van der Waals surface area contributed by atoms with E-state index >= 15 is 0 Å². The van der Waals surface area contributed by atoms with E-state index in [1.807, 2.05) is 0 Å². The Hall–Kier alpha value is -1.65. The van der Waals surface area contributed by atoms with Gasteiger partial charge in [-0.2, -0.15) is 0 Å². The lowest BCUT2D eigenvalue weighted by Crippen LogP contribution is -2.27. The van der Waals surface area contributed by atoms with Crippen LogP contribution in [-0.4, -0.2) is 37.0 Å². The van der Waals surface area contributed by atoms with Crippen molar-refractivity contribution in [2.45, 2.75) is 225 Å². The summed E-state index contributed by atoms with van der Waals surface area (Å²) in [5.41, 5.74) is 0. The number of ether oxygens (including phenoxy) is 2. The van der Waals surface area contributed by atoms with Gasteiger partial charge in [0.2, 0.25) is 0 Å². The van der Waals surface area contributed by atoms with E-state index in [4.69, 9.17) is 9.47 Å². The van der Waals surface area contributed by atoms with Crippen molar-refractivity contribution in [2.24, 2.45) is 0 Å². The molecule has 0 aromatic rings. The zero-order chi connectivity index (χ0) is 37.0. The number of unbranched alkanes of at least 4 members (excludes halogenated alkanes) is 25. The summed E-state index contributed by atoms with van der Waals surface area (Å²) in [6, 6.07) is 0. The minimum atomic E-state index is -0.540. The molecule has 0 saturated carbocycles. The van der Waals surface area contributed by atoms with Crippen molar-refractivity contribution in [3.8, 4) is 0 Å².